The maximum absolute atomic E-state index is 12.5. The second kappa shape index (κ2) is 8.68. The van der Waals surface area contributed by atoms with Gasteiger partial charge in [0.05, 0.1) is 12.2 Å². The normalized spacial score (nSPS) is 27.4. The lowest BCUT2D eigenvalue weighted by Gasteiger charge is -2.36. The number of rotatable bonds is 5. The van der Waals surface area contributed by atoms with E-state index in [-0.39, 0.29) is 5.91 Å². The van der Waals surface area contributed by atoms with Crippen LogP contribution in [0.25, 0.3) is 0 Å². The summed E-state index contributed by atoms with van der Waals surface area (Å²) in [7, 11) is 0. The minimum absolute atomic E-state index is 0.272. The number of hydrogen-bond donors (Lipinski definition) is 1. The van der Waals surface area contributed by atoms with E-state index in [1.54, 1.807) is 0 Å². The van der Waals surface area contributed by atoms with Crippen molar-refractivity contribution in [3.63, 3.8) is 0 Å². The van der Waals surface area contributed by atoms with Crippen LogP contribution >= 0.6 is 0 Å². The molecule has 2 heterocycles. The van der Waals surface area contributed by atoms with Gasteiger partial charge < -0.3 is 19.9 Å². The lowest BCUT2D eigenvalue weighted by molar-refractivity contribution is -0.131. The van der Waals surface area contributed by atoms with Crippen LogP contribution < -0.4 is 10.2 Å². The Bertz CT molecular complexity index is 533. The highest BCUT2D eigenvalue weighted by atomic mass is 16.5. The lowest BCUT2D eigenvalue weighted by atomic mass is 10.00. The monoisotopic (exact) mass is 345 g/mol. The summed E-state index contributed by atoms with van der Waals surface area (Å²) in [6.07, 6.45) is 3.28. The Labute approximate surface area is 151 Å². The van der Waals surface area contributed by atoms with Crippen LogP contribution in [0, 0.1) is 0 Å². The highest BCUT2D eigenvalue weighted by molar-refractivity contribution is 5.76. The Morgan fingerprint density at radius 2 is 1.72 bits per heavy atom. The lowest BCUT2D eigenvalue weighted by Crippen LogP contribution is -2.49. The molecule has 1 aromatic rings. The molecule has 0 spiro atoms. The fraction of sp³-hybridized carbons (Fsp3) is 0.650. The van der Waals surface area contributed by atoms with Gasteiger partial charge in [-0.2, -0.15) is 0 Å². The van der Waals surface area contributed by atoms with Crippen LogP contribution in [0.3, 0.4) is 0 Å². The third-order valence-electron chi connectivity index (χ3n) is 5.22. The van der Waals surface area contributed by atoms with Crippen molar-refractivity contribution in [1.29, 1.82) is 0 Å². The van der Waals surface area contributed by atoms with Crippen molar-refractivity contribution in [2.45, 2.75) is 51.4 Å². The Morgan fingerprint density at radius 3 is 2.36 bits per heavy atom. The highest BCUT2D eigenvalue weighted by Gasteiger charge is 2.25. The van der Waals surface area contributed by atoms with Gasteiger partial charge in [-0.25, -0.2) is 0 Å². The number of carbonyl (C=O) groups is 1. The number of anilines is 1. The molecule has 1 N–H and O–H groups in total. The van der Waals surface area contributed by atoms with Gasteiger partial charge in [-0.1, -0.05) is 18.2 Å². The Morgan fingerprint density at radius 1 is 1.08 bits per heavy atom. The number of para-hydroxylation sites is 1. The topological polar surface area (TPSA) is 44.8 Å². The zero-order chi connectivity index (χ0) is 17.6. The Kier molecular flexibility index (Phi) is 6.32. The standard InChI is InChI=1S/C20H31N3O2/c1-16-14-18(15-17(2)25-16)21-9-8-20(24)23-12-10-22(11-13-23)19-6-4-3-5-7-19/h3-7,16-18,21H,8-15H2,1-2H3/t16-,17-/m1/s1. The first-order valence-electron chi connectivity index (χ1n) is 9.58. The molecule has 2 atom stereocenters. The highest BCUT2D eigenvalue weighted by Crippen LogP contribution is 2.19. The van der Waals surface area contributed by atoms with Crippen molar-refractivity contribution >= 4 is 11.6 Å². The fourth-order valence-corrected chi connectivity index (χ4v) is 3.97. The van der Waals surface area contributed by atoms with E-state index in [4.69, 9.17) is 4.74 Å². The molecule has 2 aliphatic heterocycles. The van der Waals surface area contributed by atoms with Gasteiger partial charge in [0.25, 0.3) is 0 Å². The first-order valence-corrected chi connectivity index (χ1v) is 9.58. The van der Waals surface area contributed by atoms with Crippen LogP contribution in [0.15, 0.2) is 30.3 Å². The predicted octanol–water partition coefficient (Wildman–Crippen LogP) is 2.27. The molecule has 0 saturated carbocycles. The third kappa shape index (κ3) is 5.19. The second-order valence-corrected chi connectivity index (χ2v) is 7.33. The largest absolute Gasteiger partial charge is 0.375 e. The molecule has 0 aliphatic carbocycles. The van der Waals surface area contributed by atoms with Crippen LogP contribution in [0.1, 0.15) is 33.1 Å². The summed E-state index contributed by atoms with van der Waals surface area (Å²) in [5.74, 6) is 0.272. The number of piperazine rings is 1. The first kappa shape index (κ1) is 18.2. The number of ether oxygens (including phenoxy) is 1. The SMILES string of the molecule is C[C@@H]1CC(NCCC(=O)N2CCN(c3ccccc3)CC2)C[C@@H](C)O1. The maximum atomic E-state index is 12.5. The van der Waals surface area contributed by atoms with Gasteiger partial charge in [0.15, 0.2) is 0 Å². The van der Waals surface area contributed by atoms with Crippen LogP contribution in [0.4, 0.5) is 5.69 Å². The van der Waals surface area contributed by atoms with Crippen LogP contribution in [-0.4, -0.2) is 61.8 Å². The van der Waals surface area contributed by atoms with E-state index in [9.17, 15) is 4.79 Å². The Hall–Kier alpha value is -1.59. The molecule has 3 rings (SSSR count). The summed E-state index contributed by atoms with van der Waals surface area (Å²) in [5, 5.41) is 3.55. The summed E-state index contributed by atoms with van der Waals surface area (Å²) in [6, 6.07) is 10.9. The van der Waals surface area contributed by atoms with Crippen molar-refractivity contribution in [1.82, 2.24) is 10.2 Å². The molecule has 1 amide bonds. The van der Waals surface area contributed by atoms with Gasteiger partial charge in [-0.05, 0) is 38.8 Å². The molecule has 5 nitrogen and oxygen atoms in total. The molecule has 2 saturated heterocycles. The third-order valence-corrected chi connectivity index (χ3v) is 5.22. The van der Waals surface area contributed by atoms with Crippen molar-refractivity contribution in [2.24, 2.45) is 0 Å². The molecule has 5 heteroatoms. The van der Waals surface area contributed by atoms with E-state index in [0.29, 0.717) is 24.7 Å². The molecule has 138 valence electrons. The summed E-state index contributed by atoms with van der Waals surface area (Å²) in [6.45, 7) is 8.49. The summed E-state index contributed by atoms with van der Waals surface area (Å²) in [4.78, 5) is 16.8. The number of hydrogen-bond acceptors (Lipinski definition) is 4. The molecule has 0 unspecified atom stereocenters. The molecule has 0 radical (unpaired) electrons. The van der Waals surface area contributed by atoms with Crippen molar-refractivity contribution in [3.05, 3.63) is 30.3 Å². The minimum atomic E-state index is 0.272. The molecular formula is C20H31N3O2. The van der Waals surface area contributed by atoms with Crippen LogP contribution in [0.5, 0.6) is 0 Å². The van der Waals surface area contributed by atoms with Crippen LogP contribution in [0.2, 0.25) is 0 Å². The molecule has 2 aliphatic rings. The number of carbonyl (C=O) groups excluding carboxylic acids is 1. The predicted molar refractivity (Wildman–Crippen MR) is 101 cm³/mol. The first-order chi connectivity index (χ1) is 12.1. The van der Waals surface area contributed by atoms with Gasteiger partial charge in [0, 0.05) is 50.9 Å². The van der Waals surface area contributed by atoms with Gasteiger partial charge in [-0.3, -0.25) is 4.79 Å². The van der Waals surface area contributed by atoms with Crippen molar-refractivity contribution in [2.75, 3.05) is 37.6 Å². The molecular weight excluding hydrogens is 314 g/mol. The number of amides is 1. The molecule has 0 aromatic heterocycles. The molecule has 0 bridgehead atoms. The van der Waals surface area contributed by atoms with Crippen molar-refractivity contribution in [3.8, 4) is 0 Å². The smallest absolute Gasteiger partial charge is 0.223 e. The average molecular weight is 345 g/mol. The van der Waals surface area contributed by atoms with E-state index in [2.05, 4.69) is 48.3 Å². The molecule has 2 fully saturated rings. The maximum Gasteiger partial charge on any atom is 0.223 e. The van der Waals surface area contributed by atoms with Gasteiger partial charge >= 0.3 is 0 Å². The van der Waals surface area contributed by atoms with Gasteiger partial charge in [-0.15, -0.1) is 0 Å². The Balaban J connectivity index is 1.37. The van der Waals surface area contributed by atoms with Gasteiger partial charge in [0.1, 0.15) is 0 Å². The molecule has 25 heavy (non-hydrogen) atoms. The van der Waals surface area contributed by atoms with E-state index in [1.807, 2.05) is 11.0 Å². The van der Waals surface area contributed by atoms with E-state index in [1.165, 1.54) is 5.69 Å². The summed E-state index contributed by atoms with van der Waals surface area (Å²) >= 11 is 0. The quantitative estimate of drug-likeness (QED) is 0.889. The number of benzene rings is 1. The number of nitrogens with one attached hydrogen (secondary N) is 1. The second-order valence-electron chi connectivity index (χ2n) is 7.33. The van der Waals surface area contributed by atoms with Crippen LogP contribution in [-0.2, 0) is 9.53 Å². The van der Waals surface area contributed by atoms with Crippen molar-refractivity contribution < 1.29 is 9.53 Å². The number of nitrogens with zero attached hydrogens (tertiary/aromatic N) is 2. The minimum Gasteiger partial charge on any atom is -0.375 e. The summed E-state index contributed by atoms with van der Waals surface area (Å²) in [5.41, 5.74) is 1.25. The van der Waals surface area contributed by atoms with E-state index < -0.39 is 0 Å². The zero-order valence-electron chi connectivity index (χ0n) is 15.5. The van der Waals surface area contributed by atoms with E-state index in [0.717, 1.165) is 45.6 Å². The zero-order valence-corrected chi connectivity index (χ0v) is 15.5. The average Bonchev–Trinajstić information content (AvgIpc) is 2.62. The van der Waals surface area contributed by atoms with Gasteiger partial charge in [0.2, 0.25) is 5.91 Å². The summed E-state index contributed by atoms with van der Waals surface area (Å²) < 4.78 is 5.77. The fourth-order valence-electron chi connectivity index (χ4n) is 3.97. The molecule has 1 aromatic carbocycles. The van der Waals surface area contributed by atoms with E-state index >= 15 is 0 Å².